The zero-order chi connectivity index (χ0) is 19.2. The predicted octanol–water partition coefficient (Wildman–Crippen LogP) is 4.19. The quantitative estimate of drug-likeness (QED) is 0.639. The van der Waals surface area contributed by atoms with Crippen molar-refractivity contribution in [2.45, 2.75) is 30.2 Å². The summed E-state index contributed by atoms with van der Waals surface area (Å²) in [6, 6.07) is 18.6. The van der Waals surface area contributed by atoms with Gasteiger partial charge in [-0.25, -0.2) is 4.98 Å². The zero-order valence-corrected chi connectivity index (χ0v) is 16.6. The summed E-state index contributed by atoms with van der Waals surface area (Å²) in [6.07, 6.45) is 4.77. The fourth-order valence-corrected chi connectivity index (χ4v) is 4.36. The highest BCUT2D eigenvalue weighted by Gasteiger charge is 2.23. The molecule has 2 aromatic carbocycles. The van der Waals surface area contributed by atoms with E-state index in [0.29, 0.717) is 5.92 Å². The maximum Gasteiger partial charge on any atom is 0.253 e. The first-order chi connectivity index (χ1) is 13.8. The summed E-state index contributed by atoms with van der Waals surface area (Å²) in [5.41, 5.74) is 3.33. The third kappa shape index (κ3) is 4.81. The Morgan fingerprint density at radius 3 is 2.46 bits per heavy atom. The van der Waals surface area contributed by atoms with E-state index in [-0.39, 0.29) is 5.91 Å². The van der Waals surface area contributed by atoms with Crippen molar-refractivity contribution < 1.29 is 4.79 Å². The van der Waals surface area contributed by atoms with E-state index in [9.17, 15) is 4.79 Å². The number of piperidine rings is 1. The number of likely N-dealkylation sites (tertiary alicyclic amines) is 1. The SMILES string of the molecule is O=C(c1ccc(CSc2ncn[nH]2)cc1)N1CCC(Cc2ccccc2)CC1. The molecule has 1 amide bonds. The van der Waals surface area contributed by atoms with Gasteiger partial charge < -0.3 is 4.90 Å². The second-order valence-corrected chi connectivity index (χ2v) is 8.17. The number of hydrogen-bond donors (Lipinski definition) is 1. The zero-order valence-electron chi connectivity index (χ0n) is 15.8. The minimum atomic E-state index is 0.146. The van der Waals surface area contributed by atoms with Gasteiger partial charge in [0, 0.05) is 24.4 Å². The molecule has 0 radical (unpaired) electrons. The van der Waals surface area contributed by atoms with Gasteiger partial charge in [0.15, 0.2) is 5.16 Å². The number of carbonyl (C=O) groups excluding carboxylic acids is 1. The molecule has 1 aliphatic heterocycles. The number of rotatable bonds is 6. The number of aromatic nitrogens is 3. The fraction of sp³-hybridized carbons (Fsp3) is 0.318. The molecule has 28 heavy (non-hydrogen) atoms. The van der Waals surface area contributed by atoms with Crippen molar-refractivity contribution in [3.63, 3.8) is 0 Å². The van der Waals surface area contributed by atoms with Crippen LogP contribution in [-0.4, -0.2) is 39.1 Å². The van der Waals surface area contributed by atoms with Crippen LogP contribution in [0.2, 0.25) is 0 Å². The highest BCUT2D eigenvalue weighted by Crippen LogP contribution is 2.23. The number of H-pyrrole nitrogens is 1. The molecule has 0 bridgehead atoms. The molecule has 0 unspecified atom stereocenters. The van der Waals surface area contributed by atoms with Crippen LogP contribution in [0.15, 0.2) is 66.1 Å². The van der Waals surface area contributed by atoms with Crippen molar-refractivity contribution in [2.24, 2.45) is 5.92 Å². The van der Waals surface area contributed by atoms with Crippen LogP contribution in [0.3, 0.4) is 0 Å². The summed E-state index contributed by atoms with van der Waals surface area (Å²) in [6.45, 7) is 1.69. The number of carbonyl (C=O) groups is 1. The van der Waals surface area contributed by atoms with Crippen molar-refractivity contribution in [1.82, 2.24) is 20.1 Å². The summed E-state index contributed by atoms with van der Waals surface area (Å²) in [7, 11) is 0. The summed E-state index contributed by atoms with van der Waals surface area (Å²) >= 11 is 1.60. The summed E-state index contributed by atoms with van der Waals surface area (Å²) in [5, 5.41) is 7.49. The molecule has 0 saturated carbocycles. The van der Waals surface area contributed by atoms with Gasteiger partial charge in [-0.3, -0.25) is 9.89 Å². The molecule has 0 spiro atoms. The number of amides is 1. The van der Waals surface area contributed by atoms with Crippen LogP contribution in [0.25, 0.3) is 0 Å². The molecule has 1 saturated heterocycles. The van der Waals surface area contributed by atoms with Gasteiger partial charge in [0.1, 0.15) is 6.33 Å². The summed E-state index contributed by atoms with van der Waals surface area (Å²) < 4.78 is 0. The van der Waals surface area contributed by atoms with Crippen LogP contribution < -0.4 is 0 Å². The number of hydrogen-bond acceptors (Lipinski definition) is 4. The lowest BCUT2D eigenvalue weighted by molar-refractivity contribution is 0.0690. The average Bonchev–Trinajstić information content (AvgIpc) is 3.27. The van der Waals surface area contributed by atoms with Gasteiger partial charge in [0.05, 0.1) is 0 Å². The molecule has 1 aliphatic rings. The largest absolute Gasteiger partial charge is 0.339 e. The van der Waals surface area contributed by atoms with Crippen molar-refractivity contribution in [2.75, 3.05) is 13.1 Å². The Kier molecular flexibility index (Phi) is 6.07. The molecule has 3 aromatic rings. The first-order valence-electron chi connectivity index (χ1n) is 9.68. The van der Waals surface area contributed by atoms with Crippen molar-refractivity contribution in [3.8, 4) is 0 Å². The number of nitrogens with one attached hydrogen (secondary N) is 1. The third-order valence-corrected chi connectivity index (χ3v) is 6.19. The predicted molar refractivity (Wildman–Crippen MR) is 111 cm³/mol. The first kappa shape index (κ1) is 18.7. The number of thioether (sulfide) groups is 1. The van der Waals surface area contributed by atoms with Crippen LogP contribution in [0.5, 0.6) is 0 Å². The van der Waals surface area contributed by atoms with Crippen molar-refractivity contribution in [1.29, 1.82) is 0 Å². The lowest BCUT2D eigenvalue weighted by Crippen LogP contribution is -2.38. The van der Waals surface area contributed by atoms with E-state index in [0.717, 1.165) is 48.8 Å². The molecule has 1 aromatic heterocycles. The lowest BCUT2D eigenvalue weighted by atomic mass is 9.90. The van der Waals surface area contributed by atoms with E-state index in [4.69, 9.17) is 0 Å². The molecule has 5 nitrogen and oxygen atoms in total. The van der Waals surface area contributed by atoms with Crippen LogP contribution in [0.4, 0.5) is 0 Å². The molecule has 0 aliphatic carbocycles. The molecule has 144 valence electrons. The molecule has 0 atom stereocenters. The van der Waals surface area contributed by atoms with Gasteiger partial charge >= 0.3 is 0 Å². The van der Waals surface area contributed by atoms with E-state index in [1.807, 2.05) is 29.2 Å². The van der Waals surface area contributed by atoms with Gasteiger partial charge in [-0.1, -0.05) is 54.2 Å². The Balaban J connectivity index is 1.27. The Morgan fingerprint density at radius 1 is 1.04 bits per heavy atom. The third-order valence-electron chi connectivity index (χ3n) is 5.24. The topological polar surface area (TPSA) is 61.9 Å². The molecular formula is C22H24N4OS. The highest BCUT2D eigenvalue weighted by molar-refractivity contribution is 7.98. The van der Waals surface area contributed by atoms with E-state index in [1.165, 1.54) is 17.5 Å². The fourth-order valence-electron chi connectivity index (χ4n) is 3.63. The first-order valence-corrected chi connectivity index (χ1v) is 10.7. The van der Waals surface area contributed by atoms with Gasteiger partial charge in [0.2, 0.25) is 0 Å². The van der Waals surface area contributed by atoms with E-state index < -0.39 is 0 Å². The lowest BCUT2D eigenvalue weighted by Gasteiger charge is -2.32. The van der Waals surface area contributed by atoms with Gasteiger partial charge in [0.25, 0.3) is 5.91 Å². The Labute approximate surface area is 169 Å². The maximum absolute atomic E-state index is 12.8. The summed E-state index contributed by atoms with van der Waals surface area (Å²) in [4.78, 5) is 18.9. The van der Waals surface area contributed by atoms with Crippen LogP contribution in [-0.2, 0) is 12.2 Å². The maximum atomic E-state index is 12.8. The molecule has 6 heteroatoms. The average molecular weight is 393 g/mol. The van der Waals surface area contributed by atoms with E-state index >= 15 is 0 Å². The Hall–Kier alpha value is -2.60. The van der Waals surface area contributed by atoms with Gasteiger partial charge in [-0.2, -0.15) is 5.10 Å². The van der Waals surface area contributed by atoms with Gasteiger partial charge in [-0.05, 0) is 48.4 Å². The monoisotopic (exact) mass is 392 g/mol. The second-order valence-electron chi connectivity index (χ2n) is 7.20. The second kappa shape index (κ2) is 9.06. The van der Waals surface area contributed by atoms with Crippen LogP contribution >= 0.6 is 11.8 Å². The van der Waals surface area contributed by atoms with Crippen LogP contribution in [0.1, 0.15) is 34.3 Å². The van der Waals surface area contributed by atoms with Crippen molar-refractivity contribution >= 4 is 17.7 Å². The minimum Gasteiger partial charge on any atom is -0.339 e. The summed E-state index contributed by atoms with van der Waals surface area (Å²) in [5.74, 6) is 1.61. The number of nitrogens with zero attached hydrogens (tertiary/aromatic N) is 3. The van der Waals surface area contributed by atoms with Gasteiger partial charge in [-0.15, -0.1) is 0 Å². The van der Waals surface area contributed by atoms with E-state index in [2.05, 4.69) is 45.5 Å². The van der Waals surface area contributed by atoms with E-state index in [1.54, 1.807) is 11.8 Å². The molecule has 1 fully saturated rings. The standard InChI is InChI=1S/C22H24N4OS/c27-21(20-8-6-19(7-9-20)15-28-22-23-16-24-25-22)26-12-10-18(11-13-26)14-17-4-2-1-3-5-17/h1-9,16,18H,10-15H2,(H,23,24,25). The Morgan fingerprint density at radius 2 is 1.79 bits per heavy atom. The number of aromatic amines is 1. The number of benzene rings is 2. The molecule has 2 heterocycles. The molecular weight excluding hydrogens is 368 g/mol. The van der Waals surface area contributed by atoms with Crippen LogP contribution in [0, 0.1) is 5.92 Å². The Bertz CT molecular complexity index is 873. The molecule has 1 N–H and O–H groups in total. The molecule has 4 rings (SSSR count). The van der Waals surface area contributed by atoms with Crippen molar-refractivity contribution in [3.05, 3.63) is 77.6 Å². The minimum absolute atomic E-state index is 0.146. The highest BCUT2D eigenvalue weighted by atomic mass is 32.2. The normalized spacial score (nSPS) is 14.9. The smallest absolute Gasteiger partial charge is 0.253 e.